The largest absolute Gasteiger partial charge is 0.504 e. The molecule has 0 spiro atoms. The van der Waals surface area contributed by atoms with Crippen LogP contribution < -0.4 is 10.2 Å². The monoisotopic (exact) mass is 334 g/mol. The van der Waals surface area contributed by atoms with E-state index in [0.29, 0.717) is 12.8 Å². The molecule has 0 radical (unpaired) electrons. The summed E-state index contributed by atoms with van der Waals surface area (Å²) in [7, 11) is 0. The molecule has 1 N–H and O–H groups in total. The molecule has 0 heterocycles. The highest BCUT2D eigenvalue weighted by Gasteiger charge is 2.07. The third-order valence-electron chi connectivity index (χ3n) is 3.73. The van der Waals surface area contributed by atoms with Gasteiger partial charge in [0.05, 0.1) is 0 Å². The van der Waals surface area contributed by atoms with Crippen LogP contribution in [0.5, 0.6) is 11.5 Å². The lowest BCUT2D eigenvalue weighted by atomic mass is 10.1. The summed E-state index contributed by atoms with van der Waals surface area (Å²) in [4.78, 5) is 33.1. The van der Waals surface area contributed by atoms with Gasteiger partial charge in [0.1, 0.15) is 6.29 Å². The summed E-state index contributed by atoms with van der Waals surface area (Å²) < 4.78 is 5.09. The number of hydrogen-bond donors (Lipinski definition) is 1. The summed E-state index contributed by atoms with van der Waals surface area (Å²) in [5.74, 6) is -0.615. The first kappa shape index (κ1) is 19.9. The van der Waals surface area contributed by atoms with Crippen molar-refractivity contribution in [2.45, 2.75) is 64.2 Å². The minimum Gasteiger partial charge on any atom is -0.504 e. The van der Waals surface area contributed by atoms with Crippen molar-refractivity contribution in [2.24, 2.45) is 0 Å². The summed E-state index contributed by atoms with van der Waals surface area (Å²) in [6.45, 7) is 0. The Morgan fingerprint density at radius 1 is 0.917 bits per heavy atom. The van der Waals surface area contributed by atoms with Crippen molar-refractivity contribution in [3.63, 3.8) is 0 Å². The number of hydrogen-bond acceptors (Lipinski definition) is 5. The van der Waals surface area contributed by atoms with E-state index in [2.05, 4.69) is 0 Å². The van der Waals surface area contributed by atoms with Crippen molar-refractivity contribution in [3.05, 3.63) is 34.5 Å². The Morgan fingerprint density at radius 2 is 1.50 bits per heavy atom. The van der Waals surface area contributed by atoms with Gasteiger partial charge >= 0.3 is 5.97 Å². The molecule has 0 saturated carbocycles. The maximum Gasteiger partial charge on any atom is 0.311 e. The molecule has 0 bridgehead atoms. The van der Waals surface area contributed by atoms with E-state index in [1.54, 1.807) is 0 Å². The molecule has 0 fully saturated rings. The van der Waals surface area contributed by atoms with E-state index in [1.807, 2.05) is 0 Å². The maximum absolute atomic E-state index is 11.7. The first-order chi connectivity index (χ1) is 11.6. The van der Waals surface area contributed by atoms with E-state index in [-0.39, 0.29) is 16.9 Å². The Morgan fingerprint density at radius 3 is 2.17 bits per heavy atom. The van der Waals surface area contributed by atoms with Crippen molar-refractivity contribution in [3.8, 4) is 11.5 Å². The molecule has 0 aliphatic heterocycles. The fourth-order valence-corrected chi connectivity index (χ4v) is 2.36. The molecular weight excluding hydrogens is 308 g/mol. The first-order valence-electron chi connectivity index (χ1n) is 8.61. The minimum absolute atomic E-state index is 0.0115. The van der Waals surface area contributed by atoms with Gasteiger partial charge in [-0.3, -0.25) is 9.59 Å². The lowest BCUT2D eigenvalue weighted by molar-refractivity contribution is -0.134. The zero-order valence-corrected chi connectivity index (χ0v) is 14.0. The zero-order chi connectivity index (χ0) is 17.6. The van der Waals surface area contributed by atoms with Crippen LogP contribution in [-0.4, -0.2) is 17.4 Å². The fraction of sp³-hybridized carbons (Fsp3) is 0.526. The highest BCUT2D eigenvalue weighted by atomic mass is 16.5. The molecule has 0 aromatic heterocycles. The molecule has 1 aromatic rings. The lowest BCUT2D eigenvalue weighted by Crippen LogP contribution is -2.07. The van der Waals surface area contributed by atoms with Crippen LogP contribution in [0.2, 0.25) is 0 Å². The van der Waals surface area contributed by atoms with E-state index in [4.69, 9.17) is 4.74 Å². The molecule has 1 rings (SSSR count). The number of unbranched alkanes of at least 4 members (excludes halogenated alkanes) is 8. The molecule has 0 saturated heterocycles. The summed E-state index contributed by atoms with van der Waals surface area (Å²) in [6.07, 6.45) is 10.2. The Bertz CT molecular complexity index is 568. The van der Waals surface area contributed by atoms with E-state index in [0.717, 1.165) is 57.7 Å². The second-order valence-electron chi connectivity index (χ2n) is 5.83. The molecule has 0 amide bonds. The van der Waals surface area contributed by atoms with Gasteiger partial charge in [0.25, 0.3) is 0 Å². The molecule has 0 aliphatic rings. The quantitative estimate of drug-likeness (QED) is 0.358. The third-order valence-corrected chi connectivity index (χ3v) is 3.73. The summed E-state index contributed by atoms with van der Waals surface area (Å²) >= 11 is 0. The average Bonchev–Trinajstić information content (AvgIpc) is 2.72. The number of rotatable bonds is 12. The molecule has 5 heteroatoms. The van der Waals surface area contributed by atoms with Crippen LogP contribution >= 0.6 is 0 Å². The third kappa shape index (κ3) is 9.08. The van der Waals surface area contributed by atoms with E-state index in [9.17, 15) is 19.5 Å². The number of esters is 1. The van der Waals surface area contributed by atoms with E-state index < -0.39 is 5.97 Å². The molecule has 132 valence electrons. The lowest BCUT2D eigenvalue weighted by Gasteiger charge is -2.04. The topological polar surface area (TPSA) is 80.7 Å². The molecular formula is C19H26O5. The van der Waals surface area contributed by atoms with Crippen LogP contribution in [0, 0.1) is 0 Å². The Balaban J connectivity index is 2.12. The highest BCUT2D eigenvalue weighted by Crippen LogP contribution is 2.23. The minimum atomic E-state index is -0.405. The van der Waals surface area contributed by atoms with Gasteiger partial charge < -0.3 is 14.6 Å². The van der Waals surface area contributed by atoms with Crippen LogP contribution in [0.15, 0.2) is 29.1 Å². The molecule has 0 atom stereocenters. The van der Waals surface area contributed by atoms with E-state index in [1.165, 1.54) is 24.3 Å². The Kier molecular flexibility index (Phi) is 10.2. The van der Waals surface area contributed by atoms with Gasteiger partial charge in [-0.15, -0.1) is 0 Å². The number of aldehydes is 1. The van der Waals surface area contributed by atoms with Crippen LogP contribution in [0.3, 0.4) is 0 Å². The fourth-order valence-electron chi connectivity index (χ4n) is 2.36. The van der Waals surface area contributed by atoms with Crippen molar-refractivity contribution in [1.29, 1.82) is 0 Å². The number of ether oxygens (including phenoxy) is 1. The van der Waals surface area contributed by atoms with Gasteiger partial charge in [-0.25, -0.2) is 0 Å². The molecule has 24 heavy (non-hydrogen) atoms. The van der Waals surface area contributed by atoms with Crippen LogP contribution in [-0.2, 0) is 9.59 Å². The van der Waals surface area contributed by atoms with Gasteiger partial charge in [0.2, 0.25) is 0 Å². The Hall–Kier alpha value is -2.17. The number of carbonyl (C=O) groups excluding carboxylic acids is 2. The SMILES string of the molecule is O=CCCCCCCCCCCC(=O)Oc1ccc(=O)ccc1O. The second kappa shape index (κ2) is 12.3. The van der Waals surface area contributed by atoms with Gasteiger partial charge in [-0.1, -0.05) is 38.5 Å². The average molecular weight is 334 g/mol. The summed E-state index contributed by atoms with van der Waals surface area (Å²) in [5.41, 5.74) is -0.265. The summed E-state index contributed by atoms with van der Waals surface area (Å²) in [5, 5.41) is 9.65. The maximum atomic E-state index is 11.7. The molecule has 1 aromatic carbocycles. The highest BCUT2D eigenvalue weighted by molar-refractivity contribution is 5.73. The van der Waals surface area contributed by atoms with Crippen LogP contribution in [0.25, 0.3) is 0 Å². The second-order valence-corrected chi connectivity index (χ2v) is 5.83. The first-order valence-corrected chi connectivity index (χ1v) is 8.61. The molecule has 0 unspecified atom stereocenters. The molecule has 5 nitrogen and oxygen atoms in total. The normalized spacial score (nSPS) is 10.3. The van der Waals surface area contributed by atoms with Crippen LogP contribution in [0.4, 0.5) is 0 Å². The Labute approximate surface area is 142 Å². The van der Waals surface area contributed by atoms with Gasteiger partial charge in [-0.2, -0.15) is 0 Å². The summed E-state index contributed by atoms with van der Waals surface area (Å²) in [6, 6.07) is 4.99. The standard InChI is InChI=1S/C19H26O5/c20-15-9-7-5-3-1-2-4-6-8-10-19(23)24-18-14-12-16(21)11-13-17(18)22/h11-15,22H,1-10H2. The van der Waals surface area contributed by atoms with Crippen molar-refractivity contribution in [2.75, 3.05) is 0 Å². The van der Waals surface area contributed by atoms with Gasteiger partial charge in [0.15, 0.2) is 16.9 Å². The van der Waals surface area contributed by atoms with Crippen LogP contribution in [0.1, 0.15) is 64.2 Å². The number of carbonyl (C=O) groups is 2. The zero-order valence-electron chi connectivity index (χ0n) is 14.0. The van der Waals surface area contributed by atoms with Crippen molar-refractivity contribution < 1.29 is 19.4 Å². The van der Waals surface area contributed by atoms with Gasteiger partial charge in [-0.05, 0) is 37.1 Å². The number of aromatic hydroxyl groups is 1. The smallest absolute Gasteiger partial charge is 0.311 e. The van der Waals surface area contributed by atoms with E-state index >= 15 is 0 Å². The van der Waals surface area contributed by atoms with Gasteiger partial charge in [0, 0.05) is 12.8 Å². The predicted molar refractivity (Wildman–Crippen MR) is 92.2 cm³/mol. The predicted octanol–water partition coefficient (Wildman–Crippen LogP) is 3.76. The molecule has 0 aliphatic carbocycles. The van der Waals surface area contributed by atoms with Crippen molar-refractivity contribution >= 4 is 12.3 Å². The van der Waals surface area contributed by atoms with Crippen molar-refractivity contribution in [1.82, 2.24) is 0 Å².